The molecule has 2 fully saturated rings. The molecule has 470 valence electrons. The highest BCUT2D eigenvalue weighted by Crippen LogP contribution is 2.24. The molecule has 2 aliphatic heterocycles. The Morgan fingerprint density at radius 1 is 0.458 bits per heavy atom. The van der Waals surface area contributed by atoms with E-state index in [0.29, 0.717) is 50.1 Å². The molecule has 11 heteroatoms. The van der Waals surface area contributed by atoms with Crippen molar-refractivity contribution in [3.63, 3.8) is 0 Å². The number of benzene rings is 2. The first-order valence-corrected chi connectivity index (χ1v) is 35.0. The first-order chi connectivity index (χ1) is 40.8. The number of piperidine rings is 2. The quantitative estimate of drug-likeness (QED) is 0.0208. The lowest BCUT2D eigenvalue weighted by molar-refractivity contribution is -0.144. The minimum Gasteiger partial charge on any atom is -0.469 e. The molecule has 2 aliphatic rings. The van der Waals surface area contributed by atoms with Crippen LogP contribution >= 0.6 is 11.8 Å². The Morgan fingerprint density at radius 3 is 1.33 bits per heavy atom. The van der Waals surface area contributed by atoms with Crippen molar-refractivity contribution in [1.82, 2.24) is 9.80 Å². The topological polar surface area (TPSA) is 112 Å². The van der Waals surface area contributed by atoms with Crippen molar-refractivity contribution >= 4 is 35.6 Å². The number of carbonyl (C=O) groups is 4. The average molecular weight is 1170 g/mol. The first kappa shape index (κ1) is 73.3. The van der Waals surface area contributed by atoms with Gasteiger partial charge in [-0.05, 0) is 183 Å². The van der Waals surface area contributed by atoms with Gasteiger partial charge in [0, 0.05) is 25.1 Å². The number of hydrogen-bond donors (Lipinski definition) is 0. The van der Waals surface area contributed by atoms with Gasteiger partial charge >= 0.3 is 23.9 Å². The summed E-state index contributed by atoms with van der Waals surface area (Å²) in [6, 6.07) is 17.1. The van der Waals surface area contributed by atoms with Crippen molar-refractivity contribution in [3.05, 3.63) is 90.0 Å². The van der Waals surface area contributed by atoms with Gasteiger partial charge in [0.05, 0.1) is 33.2 Å². The predicted molar refractivity (Wildman–Crippen MR) is 348 cm³/mol. The van der Waals surface area contributed by atoms with Crippen molar-refractivity contribution in [2.24, 2.45) is 11.8 Å². The Hall–Kier alpha value is -3.93. The standard InChI is InChI=1S/C53H82N2O6S.C19H36O2/c1-2-3-4-5-6-7-8-9-10-11-12-13-14-15-19-23-51(56)61-50-26-24-49(25-27-50)45-53(58)60-41-33-47-30-37-55(38-31-47)39-43-62-42-20-34-54-35-28-46(29-36-54)32-40-59-52(57)44-48-21-17-16-18-22-48;1-3-4-5-6-7-8-9-10-11-12-13-14-15-16-17-18-19(20)21-2/h9-10,16-18,21-22,24-27,46-47H,2-8,11-15,19-20,23,28-45H2,1H3;10-11H,3-9,12-18H2,1-2H3/b10-9-;11-10-. The van der Waals surface area contributed by atoms with Crippen LogP contribution in [-0.4, -0.2) is 105 Å². The second kappa shape index (κ2) is 52.4. The Balaban J connectivity index is 0.000000726. The molecule has 0 atom stereocenters. The molecule has 2 aromatic carbocycles. The van der Waals surface area contributed by atoms with Crippen LogP contribution in [0.25, 0.3) is 0 Å². The van der Waals surface area contributed by atoms with Gasteiger partial charge in [0.2, 0.25) is 0 Å². The third kappa shape index (κ3) is 42.5. The number of esters is 4. The Morgan fingerprint density at radius 2 is 0.867 bits per heavy atom. The minimum atomic E-state index is -0.201. The molecule has 4 rings (SSSR count). The molecule has 0 saturated carbocycles. The second-order valence-electron chi connectivity index (χ2n) is 23.8. The van der Waals surface area contributed by atoms with Crippen molar-refractivity contribution in [2.45, 2.75) is 251 Å². The van der Waals surface area contributed by atoms with E-state index < -0.39 is 0 Å². The van der Waals surface area contributed by atoms with Crippen LogP contribution in [0.4, 0.5) is 0 Å². The third-order valence-corrected chi connectivity index (χ3v) is 17.6. The SMILES string of the molecule is CCCCCCCC/C=C\CCCCCCCC(=O)OC.CCCCCCCC/C=C\CCCCCCCC(=O)Oc1ccc(CC(=O)OCCC2CCN(CCSCCCN3CCC(CCOC(=O)Cc4ccccc4)CC3)CC2)cc1. The van der Waals surface area contributed by atoms with Crippen LogP contribution in [0.2, 0.25) is 0 Å². The molecule has 0 unspecified atom stereocenters. The van der Waals surface area contributed by atoms with Crippen LogP contribution in [0.3, 0.4) is 0 Å². The molecule has 0 radical (unpaired) electrons. The van der Waals surface area contributed by atoms with E-state index in [1.165, 1.54) is 186 Å². The molecular weight excluding hydrogens is 1050 g/mol. The Bertz CT molecular complexity index is 1930. The smallest absolute Gasteiger partial charge is 0.311 e. The highest BCUT2D eigenvalue weighted by molar-refractivity contribution is 7.99. The fraction of sp³-hybridized carbons (Fsp3) is 0.722. The lowest BCUT2D eigenvalue weighted by atomic mass is 9.94. The first-order valence-electron chi connectivity index (χ1n) is 33.8. The zero-order valence-electron chi connectivity index (χ0n) is 53.0. The molecule has 83 heavy (non-hydrogen) atoms. The number of carbonyl (C=O) groups excluding carboxylic acids is 4. The maximum atomic E-state index is 12.5. The summed E-state index contributed by atoms with van der Waals surface area (Å²) < 4.78 is 21.3. The Labute approximate surface area is 511 Å². The molecule has 0 N–H and O–H groups in total. The largest absolute Gasteiger partial charge is 0.469 e. The molecule has 0 aromatic heterocycles. The van der Waals surface area contributed by atoms with Gasteiger partial charge in [0.15, 0.2) is 0 Å². The molecular formula is C72H118N2O8S. The number of unbranched alkanes of at least 4 members (excludes halogenated alkanes) is 22. The molecule has 2 saturated heterocycles. The molecule has 0 bridgehead atoms. The highest BCUT2D eigenvalue weighted by Gasteiger charge is 2.21. The van der Waals surface area contributed by atoms with Crippen LogP contribution < -0.4 is 4.74 Å². The van der Waals surface area contributed by atoms with Gasteiger partial charge < -0.3 is 28.7 Å². The summed E-state index contributed by atoms with van der Waals surface area (Å²) in [5.74, 6) is 3.63. The van der Waals surface area contributed by atoms with Crippen molar-refractivity contribution in [1.29, 1.82) is 0 Å². The van der Waals surface area contributed by atoms with Crippen LogP contribution in [0.15, 0.2) is 78.9 Å². The zero-order valence-corrected chi connectivity index (χ0v) is 53.8. The predicted octanol–water partition coefficient (Wildman–Crippen LogP) is 18.0. The van der Waals surface area contributed by atoms with Gasteiger partial charge in [0.25, 0.3) is 0 Å². The number of likely N-dealkylation sites (tertiary alicyclic amines) is 2. The summed E-state index contributed by atoms with van der Waals surface area (Å²) in [4.78, 5) is 53.1. The number of rotatable bonds is 48. The van der Waals surface area contributed by atoms with Crippen LogP contribution in [0.1, 0.15) is 250 Å². The summed E-state index contributed by atoms with van der Waals surface area (Å²) >= 11 is 2.08. The molecule has 0 spiro atoms. The molecule has 0 amide bonds. The fourth-order valence-corrected chi connectivity index (χ4v) is 12.0. The van der Waals surface area contributed by atoms with E-state index in [0.717, 1.165) is 95.2 Å². The van der Waals surface area contributed by atoms with Crippen molar-refractivity contribution in [3.8, 4) is 5.75 Å². The van der Waals surface area contributed by atoms with Crippen LogP contribution in [-0.2, 0) is 46.2 Å². The summed E-state index contributed by atoms with van der Waals surface area (Å²) in [7, 11) is 1.46. The van der Waals surface area contributed by atoms with E-state index in [-0.39, 0.29) is 30.3 Å². The van der Waals surface area contributed by atoms with Gasteiger partial charge in [-0.15, -0.1) is 0 Å². The van der Waals surface area contributed by atoms with Crippen molar-refractivity contribution < 1.29 is 38.1 Å². The number of hydrogen-bond acceptors (Lipinski definition) is 11. The summed E-state index contributed by atoms with van der Waals surface area (Å²) in [5, 5.41) is 0. The van der Waals surface area contributed by atoms with E-state index in [9.17, 15) is 19.2 Å². The maximum Gasteiger partial charge on any atom is 0.311 e. The number of methoxy groups -OCH3 is 1. The average Bonchev–Trinajstić information content (AvgIpc) is 3.50. The number of ether oxygens (including phenoxy) is 4. The van der Waals surface area contributed by atoms with E-state index in [1.807, 2.05) is 42.5 Å². The maximum absolute atomic E-state index is 12.5. The van der Waals surface area contributed by atoms with Gasteiger partial charge in [0.1, 0.15) is 5.75 Å². The monoisotopic (exact) mass is 1170 g/mol. The summed E-state index contributed by atoms with van der Waals surface area (Å²) in [5.41, 5.74) is 1.88. The van der Waals surface area contributed by atoms with Crippen molar-refractivity contribution in [2.75, 3.05) is 71.1 Å². The van der Waals surface area contributed by atoms with Gasteiger partial charge in [-0.25, -0.2) is 0 Å². The van der Waals surface area contributed by atoms with E-state index in [2.05, 4.69) is 64.5 Å². The molecule has 2 heterocycles. The van der Waals surface area contributed by atoms with Gasteiger partial charge in [-0.2, -0.15) is 11.8 Å². The van der Waals surface area contributed by atoms with Crippen LogP contribution in [0, 0.1) is 11.8 Å². The summed E-state index contributed by atoms with van der Waals surface area (Å²) in [6.45, 7) is 12.5. The van der Waals surface area contributed by atoms with Gasteiger partial charge in [-0.1, -0.05) is 183 Å². The normalized spacial score (nSPS) is 14.4. The lowest BCUT2D eigenvalue weighted by Gasteiger charge is -2.32. The number of allylic oxidation sites excluding steroid dienone is 4. The molecule has 0 aliphatic carbocycles. The minimum absolute atomic E-state index is 0.0763. The van der Waals surface area contributed by atoms with E-state index in [4.69, 9.17) is 14.2 Å². The number of thioether (sulfide) groups is 1. The zero-order chi connectivity index (χ0) is 59.3. The van der Waals surface area contributed by atoms with Crippen LogP contribution in [0.5, 0.6) is 5.75 Å². The lowest BCUT2D eigenvalue weighted by Crippen LogP contribution is -2.36. The Kier molecular flexibility index (Phi) is 46.3. The molecule has 10 nitrogen and oxygen atoms in total. The highest BCUT2D eigenvalue weighted by atomic mass is 32.2. The fourth-order valence-electron chi connectivity index (χ4n) is 11.0. The second-order valence-corrected chi connectivity index (χ2v) is 25.0. The van der Waals surface area contributed by atoms with E-state index in [1.54, 1.807) is 12.1 Å². The van der Waals surface area contributed by atoms with Gasteiger partial charge in [-0.3, -0.25) is 19.2 Å². The number of nitrogens with zero attached hydrogens (tertiary/aromatic N) is 2. The van der Waals surface area contributed by atoms with E-state index >= 15 is 0 Å². The molecule has 2 aromatic rings. The third-order valence-electron chi connectivity index (χ3n) is 16.5. The summed E-state index contributed by atoms with van der Waals surface area (Å²) in [6.07, 6.45) is 51.6.